The summed E-state index contributed by atoms with van der Waals surface area (Å²) in [6.45, 7) is 0. The van der Waals surface area contributed by atoms with Crippen molar-refractivity contribution in [3.63, 3.8) is 0 Å². The molecule has 0 aliphatic rings. The van der Waals surface area contributed by atoms with Crippen LogP contribution in [0.25, 0.3) is 0 Å². The summed E-state index contributed by atoms with van der Waals surface area (Å²) in [5.74, 6) is 1.43. The van der Waals surface area contributed by atoms with Gasteiger partial charge in [-0.25, -0.2) is 5.10 Å². The Hall–Kier alpha value is -0.290. The van der Waals surface area contributed by atoms with Gasteiger partial charge < -0.3 is 4.42 Å². The molecule has 0 aromatic carbocycles. The van der Waals surface area contributed by atoms with Crippen molar-refractivity contribution >= 4 is 24.0 Å². The van der Waals surface area contributed by atoms with Gasteiger partial charge in [-0.3, -0.25) is 0 Å². The van der Waals surface area contributed by atoms with E-state index >= 15 is 0 Å². The normalized spacial score (nSPS) is 9.89. The molecule has 0 aliphatic carbocycles. The highest BCUT2D eigenvalue weighted by Gasteiger charge is 1.94. The second-order valence-electron chi connectivity index (χ2n) is 1.44. The van der Waals surface area contributed by atoms with E-state index < -0.39 is 0 Å². The molecule has 0 radical (unpaired) electrons. The lowest BCUT2D eigenvalue weighted by Crippen LogP contribution is -1.76. The topological polar surface area (TPSA) is 41.8 Å². The van der Waals surface area contributed by atoms with Gasteiger partial charge in [0.25, 0.3) is 4.84 Å². The summed E-state index contributed by atoms with van der Waals surface area (Å²) >= 11 is 6.30. The van der Waals surface area contributed by atoms with Crippen molar-refractivity contribution in [2.45, 2.75) is 5.75 Å². The Morgan fingerprint density at radius 2 is 2.67 bits per heavy atom. The van der Waals surface area contributed by atoms with Crippen LogP contribution in [0.2, 0.25) is 0 Å². The first-order valence-electron chi connectivity index (χ1n) is 2.36. The van der Waals surface area contributed by atoms with Gasteiger partial charge >= 0.3 is 0 Å². The van der Waals surface area contributed by atoms with Crippen molar-refractivity contribution in [3.8, 4) is 0 Å². The maximum Gasteiger partial charge on any atom is 0.284 e. The summed E-state index contributed by atoms with van der Waals surface area (Å²) in [5, 5.41) is 6.33. The Bertz CT molecular complexity index is 228. The maximum absolute atomic E-state index is 4.95. The fourth-order valence-corrected chi connectivity index (χ4v) is 0.958. The highest BCUT2D eigenvalue weighted by Crippen LogP contribution is 2.04. The maximum atomic E-state index is 4.95. The molecular weight excluding hydrogens is 156 g/mol. The van der Waals surface area contributed by atoms with Crippen LogP contribution in [0.4, 0.5) is 0 Å². The van der Waals surface area contributed by atoms with Crippen molar-refractivity contribution in [3.05, 3.63) is 10.7 Å². The van der Waals surface area contributed by atoms with Crippen molar-refractivity contribution < 1.29 is 4.42 Å². The molecule has 50 valence electrons. The predicted molar refractivity (Wildman–Crippen MR) is 38.9 cm³/mol. The van der Waals surface area contributed by atoms with Crippen LogP contribution in [0.15, 0.2) is 4.42 Å². The van der Waals surface area contributed by atoms with Gasteiger partial charge in [-0.15, -0.1) is 5.10 Å². The highest BCUT2D eigenvalue weighted by molar-refractivity contribution is 7.97. The van der Waals surface area contributed by atoms with Gasteiger partial charge in [0.2, 0.25) is 5.89 Å². The Morgan fingerprint density at radius 1 is 1.89 bits per heavy atom. The van der Waals surface area contributed by atoms with E-state index in [1.54, 1.807) is 11.8 Å². The minimum atomic E-state index is 0.346. The fourth-order valence-electron chi connectivity index (χ4n) is 0.446. The average Bonchev–Trinajstić information content (AvgIpc) is 2.17. The number of thioether (sulfide) groups is 1. The van der Waals surface area contributed by atoms with Crippen molar-refractivity contribution in [2.24, 2.45) is 0 Å². The zero-order valence-corrected chi connectivity index (χ0v) is 6.51. The van der Waals surface area contributed by atoms with Gasteiger partial charge in [0.05, 0.1) is 5.75 Å². The first-order chi connectivity index (χ1) is 4.33. The number of H-pyrrole nitrogens is 1. The van der Waals surface area contributed by atoms with E-state index in [4.69, 9.17) is 4.42 Å². The minimum Gasteiger partial charge on any atom is -0.413 e. The molecule has 0 saturated heterocycles. The second-order valence-corrected chi connectivity index (χ2v) is 2.68. The molecule has 0 spiro atoms. The molecular formula is C4H6N2OS2. The first-order valence-corrected chi connectivity index (χ1v) is 4.16. The third-order valence-electron chi connectivity index (χ3n) is 0.750. The van der Waals surface area contributed by atoms with Crippen LogP contribution in [0.3, 0.4) is 0 Å². The molecule has 0 saturated carbocycles. The third kappa shape index (κ3) is 1.83. The molecule has 0 atom stereocenters. The van der Waals surface area contributed by atoms with E-state index in [2.05, 4.69) is 22.4 Å². The first kappa shape index (κ1) is 6.82. The number of hydrogen-bond donors (Lipinski definition) is 1. The number of rotatable bonds is 2. The lowest BCUT2D eigenvalue weighted by Gasteiger charge is -1.82. The largest absolute Gasteiger partial charge is 0.413 e. The third-order valence-corrected chi connectivity index (χ3v) is 1.46. The van der Waals surface area contributed by atoms with Crippen LogP contribution in [0.1, 0.15) is 5.89 Å². The van der Waals surface area contributed by atoms with Crippen molar-refractivity contribution in [2.75, 3.05) is 6.26 Å². The molecule has 0 aliphatic heterocycles. The van der Waals surface area contributed by atoms with E-state index in [1.165, 1.54) is 0 Å². The van der Waals surface area contributed by atoms with E-state index in [9.17, 15) is 0 Å². The molecule has 9 heavy (non-hydrogen) atoms. The SMILES string of the molecule is CSCc1n[nH]c(=S)o1. The number of nitrogens with zero attached hydrogens (tertiary/aromatic N) is 1. The van der Waals surface area contributed by atoms with Crippen LogP contribution in [-0.2, 0) is 5.75 Å². The number of aromatic nitrogens is 2. The van der Waals surface area contributed by atoms with Gasteiger partial charge in [-0.05, 0) is 18.5 Å². The van der Waals surface area contributed by atoms with Crippen LogP contribution in [0, 0.1) is 4.84 Å². The zero-order valence-electron chi connectivity index (χ0n) is 4.88. The summed E-state index contributed by atoms with van der Waals surface area (Å²) < 4.78 is 4.95. The Morgan fingerprint density at radius 3 is 3.11 bits per heavy atom. The van der Waals surface area contributed by atoms with E-state index in [-0.39, 0.29) is 0 Å². The van der Waals surface area contributed by atoms with Crippen molar-refractivity contribution in [1.82, 2.24) is 10.2 Å². The zero-order chi connectivity index (χ0) is 6.69. The molecule has 1 heterocycles. The molecule has 0 amide bonds. The fraction of sp³-hybridized carbons (Fsp3) is 0.500. The van der Waals surface area contributed by atoms with Crippen LogP contribution < -0.4 is 0 Å². The highest BCUT2D eigenvalue weighted by atomic mass is 32.2. The number of hydrogen-bond acceptors (Lipinski definition) is 4. The van der Waals surface area contributed by atoms with E-state index in [1.807, 2.05) is 6.26 Å². The van der Waals surface area contributed by atoms with E-state index in [0.29, 0.717) is 10.7 Å². The van der Waals surface area contributed by atoms with Crippen molar-refractivity contribution in [1.29, 1.82) is 0 Å². The number of aromatic amines is 1. The summed E-state index contributed by atoms with van der Waals surface area (Å²) in [5.41, 5.74) is 0. The molecule has 1 aromatic heterocycles. The second kappa shape index (κ2) is 3.03. The lowest BCUT2D eigenvalue weighted by atomic mass is 10.8. The van der Waals surface area contributed by atoms with Crippen LogP contribution in [-0.4, -0.2) is 16.5 Å². The Balaban J connectivity index is 2.73. The Kier molecular flexibility index (Phi) is 2.29. The summed E-state index contributed by atoms with van der Waals surface area (Å²) in [6.07, 6.45) is 1.98. The monoisotopic (exact) mass is 162 g/mol. The molecule has 0 bridgehead atoms. The summed E-state index contributed by atoms with van der Waals surface area (Å²) in [7, 11) is 0. The number of nitrogens with one attached hydrogen (secondary N) is 1. The smallest absolute Gasteiger partial charge is 0.284 e. The predicted octanol–water partition coefficient (Wildman–Crippen LogP) is 1.60. The average molecular weight is 162 g/mol. The van der Waals surface area contributed by atoms with E-state index in [0.717, 1.165) is 5.75 Å². The molecule has 0 fully saturated rings. The summed E-state index contributed by atoms with van der Waals surface area (Å²) in [6, 6.07) is 0. The van der Waals surface area contributed by atoms with Gasteiger partial charge in [0, 0.05) is 0 Å². The van der Waals surface area contributed by atoms with Gasteiger partial charge in [0.1, 0.15) is 0 Å². The minimum absolute atomic E-state index is 0.346. The van der Waals surface area contributed by atoms with Gasteiger partial charge in [0.15, 0.2) is 0 Å². The quantitative estimate of drug-likeness (QED) is 0.671. The van der Waals surface area contributed by atoms with Crippen LogP contribution in [0.5, 0.6) is 0 Å². The molecule has 1 aromatic rings. The van der Waals surface area contributed by atoms with Gasteiger partial charge in [-0.1, -0.05) is 0 Å². The Labute approximate surface area is 61.8 Å². The molecule has 0 unspecified atom stereocenters. The lowest BCUT2D eigenvalue weighted by molar-refractivity contribution is 0.501. The standard InChI is InChI=1S/C4H6N2OS2/c1-9-2-3-5-6-4(8)7-3/h2H2,1H3,(H,6,8). The molecule has 3 nitrogen and oxygen atoms in total. The molecule has 1 N–H and O–H groups in total. The molecule has 1 rings (SSSR count). The molecule has 5 heteroatoms. The van der Waals surface area contributed by atoms with Gasteiger partial charge in [-0.2, -0.15) is 11.8 Å². The summed E-state index contributed by atoms with van der Waals surface area (Å²) in [4.78, 5) is 0.346. The van der Waals surface area contributed by atoms with Crippen LogP contribution >= 0.6 is 24.0 Å².